The lowest BCUT2D eigenvalue weighted by atomic mass is 9.89. The van der Waals surface area contributed by atoms with Crippen LogP contribution >= 0.6 is 0 Å². The molecule has 150 valence electrons. The van der Waals surface area contributed by atoms with Crippen molar-refractivity contribution in [1.29, 1.82) is 0 Å². The fraction of sp³-hybridized carbons (Fsp3) is 0.435. The van der Waals surface area contributed by atoms with Crippen LogP contribution in [-0.4, -0.2) is 30.3 Å². The maximum Gasteiger partial charge on any atom is 0.337 e. The standard InChI is InChI=1S/C23H29NO4/c1-14-11-17(24-5)13-18(21(22(25)26)28-23(2,3)4)20(14)16-8-9-19-15(12-16)7-6-10-27-19/h8-9,11-13,21,24H,6-7,10H2,1-5H3,(H,25,26). The van der Waals surface area contributed by atoms with Gasteiger partial charge in [-0.3, -0.25) is 0 Å². The average molecular weight is 383 g/mol. The fourth-order valence-electron chi connectivity index (χ4n) is 3.68. The summed E-state index contributed by atoms with van der Waals surface area (Å²) in [5.74, 6) is -0.0769. The minimum Gasteiger partial charge on any atom is -0.493 e. The van der Waals surface area contributed by atoms with Crippen LogP contribution in [0.3, 0.4) is 0 Å². The number of hydrogen-bond acceptors (Lipinski definition) is 4. The van der Waals surface area contributed by atoms with Crippen LogP contribution in [0, 0.1) is 6.92 Å². The predicted octanol–water partition coefficient (Wildman–Crippen LogP) is 4.97. The predicted molar refractivity (Wildman–Crippen MR) is 111 cm³/mol. The highest BCUT2D eigenvalue weighted by atomic mass is 16.5. The molecule has 1 aliphatic rings. The van der Waals surface area contributed by atoms with Crippen LogP contribution in [0.1, 0.15) is 50.0 Å². The summed E-state index contributed by atoms with van der Waals surface area (Å²) < 4.78 is 11.7. The molecule has 0 aromatic heterocycles. The number of carbonyl (C=O) groups is 1. The first-order valence-electron chi connectivity index (χ1n) is 9.68. The molecule has 2 N–H and O–H groups in total. The minimum absolute atomic E-state index is 0.590. The number of fused-ring (bicyclic) bond motifs is 1. The number of rotatable bonds is 5. The molecule has 28 heavy (non-hydrogen) atoms. The van der Waals surface area contributed by atoms with E-state index in [0.717, 1.165) is 53.1 Å². The lowest BCUT2D eigenvalue weighted by Crippen LogP contribution is -2.28. The normalized spacial score (nSPS) is 14.8. The van der Waals surface area contributed by atoms with Gasteiger partial charge in [-0.1, -0.05) is 6.07 Å². The molecule has 0 saturated heterocycles. The SMILES string of the molecule is CNc1cc(C)c(-c2ccc3c(c2)CCCO3)c(C(OC(C)(C)C)C(=O)O)c1. The van der Waals surface area contributed by atoms with Gasteiger partial charge in [0.15, 0.2) is 6.10 Å². The quantitative estimate of drug-likeness (QED) is 0.763. The summed E-state index contributed by atoms with van der Waals surface area (Å²) in [6.45, 7) is 8.36. The maximum atomic E-state index is 12.1. The van der Waals surface area contributed by atoms with Crippen molar-refractivity contribution in [2.45, 2.75) is 52.2 Å². The summed E-state index contributed by atoms with van der Waals surface area (Å²) in [6.07, 6.45) is 0.896. The molecular formula is C23H29NO4. The topological polar surface area (TPSA) is 67.8 Å². The Bertz CT molecular complexity index is 883. The first kappa shape index (κ1) is 20.2. The molecule has 1 unspecified atom stereocenters. The summed E-state index contributed by atoms with van der Waals surface area (Å²) in [7, 11) is 1.83. The first-order valence-corrected chi connectivity index (χ1v) is 9.68. The Morgan fingerprint density at radius 3 is 2.64 bits per heavy atom. The van der Waals surface area contributed by atoms with Crippen LogP contribution in [-0.2, 0) is 16.0 Å². The Labute approximate surface area is 166 Å². The molecule has 2 aromatic rings. The van der Waals surface area contributed by atoms with E-state index in [1.807, 2.05) is 59.0 Å². The number of carboxylic acids is 1. The lowest BCUT2D eigenvalue weighted by molar-refractivity contribution is -0.160. The van der Waals surface area contributed by atoms with Gasteiger partial charge in [0.1, 0.15) is 5.75 Å². The van der Waals surface area contributed by atoms with Crippen molar-refractivity contribution in [1.82, 2.24) is 0 Å². The van der Waals surface area contributed by atoms with Crippen LogP contribution in [0.15, 0.2) is 30.3 Å². The van der Waals surface area contributed by atoms with E-state index in [1.54, 1.807) is 0 Å². The van der Waals surface area contributed by atoms with E-state index in [0.29, 0.717) is 5.56 Å². The zero-order valence-electron chi connectivity index (χ0n) is 17.3. The third-order valence-corrected chi connectivity index (χ3v) is 4.83. The van der Waals surface area contributed by atoms with Gasteiger partial charge in [0.05, 0.1) is 12.2 Å². The number of carboxylic acid groups (broad SMARTS) is 1. The minimum atomic E-state index is -1.06. The number of nitrogens with one attached hydrogen (secondary N) is 1. The van der Waals surface area contributed by atoms with Gasteiger partial charge in [0.2, 0.25) is 0 Å². The third-order valence-electron chi connectivity index (χ3n) is 4.83. The lowest BCUT2D eigenvalue weighted by Gasteiger charge is -2.28. The Kier molecular flexibility index (Phi) is 5.66. The molecule has 0 bridgehead atoms. The Hall–Kier alpha value is -2.53. The van der Waals surface area contributed by atoms with Crippen molar-refractivity contribution in [2.75, 3.05) is 19.0 Å². The summed E-state index contributed by atoms with van der Waals surface area (Å²) in [5.41, 5.74) is 4.99. The molecule has 0 amide bonds. The second-order valence-corrected chi connectivity index (χ2v) is 8.23. The molecule has 0 spiro atoms. The molecule has 2 aromatic carbocycles. The van der Waals surface area contributed by atoms with Gasteiger partial charge in [-0.2, -0.15) is 0 Å². The highest BCUT2D eigenvalue weighted by molar-refractivity contribution is 5.83. The zero-order valence-corrected chi connectivity index (χ0v) is 17.3. The van der Waals surface area contributed by atoms with Gasteiger partial charge >= 0.3 is 5.97 Å². The highest BCUT2D eigenvalue weighted by Crippen LogP contribution is 2.39. The monoisotopic (exact) mass is 383 g/mol. The average Bonchev–Trinajstić information content (AvgIpc) is 2.64. The van der Waals surface area contributed by atoms with Crippen LogP contribution in [0.5, 0.6) is 5.75 Å². The van der Waals surface area contributed by atoms with Crippen LogP contribution in [0.25, 0.3) is 11.1 Å². The number of hydrogen-bond donors (Lipinski definition) is 2. The molecule has 0 aliphatic carbocycles. The molecule has 1 atom stereocenters. The Morgan fingerprint density at radius 1 is 1.25 bits per heavy atom. The van der Waals surface area contributed by atoms with E-state index in [-0.39, 0.29) is 0 Å². The van der Waals surface area contributed by atoms with Gasteiger partial charge < -0.3 is 19.9 Å². The van der Waals surface area contributed by atoms with E-state index in [1.165, 1.54) is 0 Å². The van der Waals surface area contributed by atoms with Crippen LogP contribution in [0.4, 0.5) is 5.69 Å². The van der Waals surface area contributed by atoms with E-state index in [2.05, 4.69) is 11.4 Å². The molecular weight excluding hydrogens is 354 g/mol. The van der Waals surface area contributed by atoms with E-state index < -0.39 is 17.7 Å². The van der Waals surface area contributed by atoms with Gasteiger partial charge in [0.25, 0.3) is 0 Å². The molecule has 0 saturated carbocycles. The van der Waals surface area contributed by atoms with E-state index in [9.17, 15) is 9.90 Å². The van der Waals surface area contributed by atoms with Gasteiger partial charge in [-0.15, -0.1) is 0 Å². The fourth-order valence-corrected chi connectivity index (χ4v) is 3.68. The smallest absolute Gasteiger partial charge is 0.337 e. The Balaban J connectivity index is 2.19. The molecule has 1 aliphatic heterocycles. The summed E-state index contributed by atoms with van der Waals surface area (Å²) in [4.78, 5) is 12.1. The maximum absolute atomic E-state index is 12.1. The van der Waals surface area contributed by atoms with E-state index in [4.69, 9.17) is 9.47 Å². The van der Waals surface area contributed by atoms with Crippen LogP contribution in [0.2, 0.25) is 0 Å². The number of anilines is 1. The van der Waals surface area contributed by atoms with Crippen molar-refractivity contribution in [3.8, 4) is 16.9 Å². The van der Waals surface area contributed by atoms with Crippen molar-refractivity contribution in [3.05, 3.63) is 47.0 Å². The number of aliphatic carboxylic acids is 1. The van der Waals surface area contributed by atoms with Crippen LogP contribution < -0.4 is 10.1 Å². The summed E-state index contributed by atoms with van der Waals surface area (Å²) >= 11 is 0. The van der Waals surface area contributed by atoms with Gasteiger partial charge in [0, 0.05) is 18.3 Å². The van der Waals surface area contributed by atoms with Crippen molar-refractivity contribution >= 4 is 11.7 Å². The van der Waals surface area contributed by atoms with Crippen molar-refractivity contribution in [3.63, 3.8) is 0 Å². The second-order valence-electron chi connectivity index (χ2n) is 8.23. The largest absolute Gasteiger partial charge is 0.493 e. The highest BCUT2D eigenvalue weighted by Gasteiger charge is 2.30. The second kappa shape index (κ2) is 7.84. The molecule has 0 fully saturated rings. The van der Waals surface area contributed by atoms with Gasteiger partial charge in [-0.05, 0) is 87.1 Å². The molecule has 1 heterocycles. The molecule has 5 heteroatoms. The molecule has 3 rings (SSSR count). The molecule has 5 nitrogen and oxygen atoms in total. The summed E-state index contributed by atoms with van der Waals surface area (Å²) in [6, 6.07) is 10.0. The Morgan fingerprint density at radius 2 is 2.00 bits per heavy atom. The first-order chi connectivity index (χ1) is 13.2. The number of ether oxygens (including phenoxy) is 2. The van der Waals surface area contributed by atoms with E-state index >= 15 is 0 Å². The van der Waals surface area contributed by atoms with Gasteiger partial charge in [-0.25, -0.2) is 4.79 Å². The third kappa shape index (κ3) is 4.30. The zero-order chi connectivity index (χ0) is 20.5. The number of benzene rings is 2. The number of aryl methyl sites for hydroxylation is 2. The van der Waals surface area contributed by atoms with Crippen molar-refractivity contribution in [2.24, 2.45) is 0 Å². The summed E-state index contributed by atoms with van der Waals surface area (Å²) in [5, 5.41) is 13.1. The van der Waals surface area contributed by atoms with Crippen molar-refractivity contribution < 1.29 is 19.4 Å². The molecule has 0 radical (unpaired) electrons.